The van der Waals surface area contributed by atoms with Crippen molar-refractivity contribution in [2.75, 3.05) is 7.11 Å². The fraction of sp³-hybridized carbons (Fsp3) is 0.333. The van der Waals surface area contributed by atoms with Gasteiger partial charge in [0.05, 0.1) is 13.0 Å². The third kappa shape index (κ3) is 3.39. The first-order valence-electron chi connectivity index (χ1n) is 4.41. The molecule has 0 unspecified atom stereocenters. The van der Waals surface area contributed by atoms with Crippen LogP contribution in [0, 0.1) is 0 Å². The number of methoxy groups -OCH3 is 1. The number of hydrogen-bond acceptors (Lipinski definition) is 4. The summed E-state index contributed by atoms with van der Waals surface area (Å²) in [5.74, 6) is -2.87. The highest BCUT2D eigenvalue weighted by Crippen LogP contribution is 2.30. The highest BCUT2D eigenvalue weighted by molar-refractivity contribution is 6.17. The normalized spacial score (nSPS) is 11.2. The maximum Gasteiger partial charge on any atom is 0.574 e. The molecule has 0 aromatic carbocycles. The average molecular weight is 286 g/mol. The van der Waals surface area contributed by atoms with Crippen molar-refractivity contribution in [3.8, 4) is 11.6 Å². The van der Waals surface area contributed by atoms with Gasteiger partial charge in [0.1, 0.15) is 5.75 Å². The van der Waals surface area contributed by atoms with Crippen LogP contribution in [-0.4, -0.2) is 29.5 Å². The maximum atomic E-state index is 12.0. The molecule has 0 radical (unpaired) electrons. The fourth-order valence-electron chi connectivity index (χ4n) is 1.18. The minimum atomic E-state index is -4.98. The van der Waals surface area contributed by atoms with E-state index in [-0.39, 0.29) is 17.2 Å². The van der Waals surface area contributed by atoms with Gasteiger partial charge in [0.25, 0.3) is 0 Å². The van der Waals surface area contributed by atoms with Gasteiger partial charge >= 0.3 is 12.3 Å². The van der Waals surface area contributed by atoms with E-state index in [2.05, 4.69) is 9.72 Å². The summed E-state index contributed by atoms with van der Waals surface area (Å²) in [6.07, 6.45) is -4.98. The van der Waals surface area contributed by atoms with Gasteiger partial charge in [0.2, 0.25) is 5.88 Å². The first-order chi connectivity index (χ1) is 8.28. The Morgan fingerprint density at radius 3 is 2.56 bits per heavy atom. The van der Waals surface area contributed by atoms with Crippen molar-refractivity contribution in [3.05, 3.63) is 17.3 Å². The van der Waals surface area contributed by atoms with E-state index in [0.717, 1.165) is 13.2 Å². The number of halogens is 4. The predicted molar refractivity (Wildman–Crippen MR) is 54.0 cm³/mol. The second-order valence-corrected chi connectivity index (χ2v) is 3.24. The van der Waals surface area contributed by atoms with Crippen LogP contribution in [0.4, 0.5) is 13.2 Å². The van der Waals surface area contributed by atoms with E-state index in [4.69, 9.17) is 21.4 Å². The number of carboxylic acids is 1. The molecule has 1 rings (SSSR count). The molecule has 1 aromatic heterocycles. The van der Waals surface area contributed by atoms with Gasteiger partial charge < -0.3 is 14.6 Å². The van der Waals surface area contributed by atoms with Crippen LogP contribution in [0.3, 0.4) is 0 Å². The summed E-state index contributed by atoms with van der Waals surface area (Å²) < 4.78 is 44.3. The van der Waals surface area contributed by atoms with Gasteiger partial charge in [-0.3, -0.25) is 0 Å². The number of hydrogen-bond donors (Lipinski definition) is 1. The molecular formula is C9H7ClF3NO4. The molecule has 9 heteroatoms. The summed E-state index contributed by atoms with van der Waals surface area (Å²) >= 11 is 5.50. The van der Waals surface area contributed by atoms with E-state index >= 15 is 0 Å². The lowest BCUT2D eigenvalue weighted by molar-refractivity contribution is -0.276. The maximum absolute atomic E-state index is 12.0. The van der Waals surface area contributed by atoms with Crippen LogP contribution in [0.15, 0.2) is 6.07 Å². The monoisotopic (exact) mass is 285 g/mol. The lowest BCUT2D eigenvalue weighted by Crippen LogP contribution is -2.19. The molecule has 0 atom stereocenters. The molecule has 1 aromatic rings. The highest BCUT2D eigenvalue weighted by atomic mass is 35.5. The first kappa shape index (κ1) is 14.4. The summed E-state index contributed by atoms with van der Waals surface area (Å²) in [5.41, 5.74) is -0.676. The molecule has 18 heavy (non-hydrogen) atoms. The molecule has 100 valence electrons. The summed E-state index contributed by atoms with van der Waals surface area (Å²) in [4.78, 5) is 14.1. The summed E-state index contributed by atoms with van der Waals surface area (Å²) in [7, 11) is 1.16. The smallest absolute Gasteiger partial charge is 0.496 e. The van der Waals surface area contributed by atoms with Crippen LogP contribution in [0.2, 0.25) is 0 Å². The minimum Gasteiger partial charge on any atom is -0.496 e. The third-order valence-electron chi connectivity index (χ3n) is 1.84. The molecule has 1 heterocycles. The Kier molecular flexibility index (Phi) is 4.23. The Balaban J connectivity index is 3.32. The predicted octanol–water partition coefficient (Wildman–Crippen LogP) is 2.43. The Hall–Kier alpha value is -1.70. The van der Waals surface area contributed by atoms with Crippen molar-refractivity contribution in [3.63, 3.8) is 0 Å². The van der Waals surface area contributed by atoms with Gasteiger partial charge in [-0.1, -0.05) is 0 Å². The molecule has 0 fully saturated rings. The number of pyridine rings is 1. The highest BCUT2D eigenvalue weighted by Gasteiger charge is 2.33. The van der Waals surface area contributed by atoms with Crippen LogP contribution >= 0.6 is 11.6 Å². The zero-order valence-corrected chi connectivity index (χ0v) is 9.67. The Bertz CT molecular complexity index is 464. The SMILES string of the molecule is COc1cc(OC(F)(F)F)nc(C(=O)O)c1CCl. The number of nitrogens with zero attached hydrogens (tertiary/aromatic N) is 1. The number of rotatable bonds is 4. The lowest BCUT2D eigenvalue weighted by atomic mass is 10.2. The van der Waals surface area contributed by atoms with Crippen molar-refractivity contribution < 1.29 is 32.5 Å². The van der Waals surface area contributed by atoms with Gasteiger partial charge in [-0.15, -0.1) is 24.8 Å². The van der Waals surface area contributed by atoms with Crippen LogP contribution in [0.5, 0.6) is 11.6 Å². The van der Waals surface area contributed by atoms with Gasteiger partial charge in [0.15, 0.2) is 5.69 Å². The summed E-state index contributed by atoms with van der Waals surface area (Å²) in [6, 6.07) is 0.817. The van der Waals surface area contributed by atoms with E-state index in [1.54, 1.807) is 0 Å². The van der Waals surface area contributed by atoms with E-state index in [0.29, 0.717) is 0 Å². The minimum absolute atomic E-state index is 0.0267. The number of carboxylic acid groups (broad SMARTS) is 1. The van der Waals surface area contributed by atoms with Gasteiger partial charge in [-0.25, -0.2) is 9.78 Å². The number of carbonyl (C=O) groups is 1. The van der Waals surface area contributed by atoms with Crippen LogP contribution < -0.4 is 9.47 Å². The molecule has 0 aliphatic heterocycles. The molecule has 0 spiro atoms. The molecule has 0 amide bonds. The van der Waals surface area contributed by atoms with Crippen molar-refractivity contribution in [1.29, 1.82) is 0 Å². The number of aromatic nitrogens is 1. The fourth-order valence-corrected chi connectivity index (χ4v) is 1.44. The summed E-state index contributed by atoms with van der Waals surface area (Å²) in [5, 5.41) is 8.83. The molecule has 0 saturated heterocycles. The number of aromatic carboxylic acids is 1. The van der Waals surface area contributed by atoms with Crippen LogP contribution in [0.25, 0.3) is 0 Å². The van der Waals surface area contributed by atoms with E-state index < -0.39 is 23.9 Å². The summed E-state index contributed by atoms with van der Waals surface area (Å²) in [6.45, 7) is 0. The molecule has 5 nitrogen and oxygen atoms in total. The molecular weight excluding hydrogens is 279 g/mol. The van der Waals surface area contributed by atoms with Gasteiger partial charge in [-0.2, -0.15) is 0 Å². The zero-order valence-electron chi connectivity index (χ0n) is 8.92. The second kappa shape index (κ2) is 5.30. The van der Waals surface area contributed by atoms with Gasteiger partial charge in [0, 0.05) is 11.6 Å². The largest absolute Gasteiger partial charge is 0.574 e. The van der Waals surface area contributed by atoms with Crippen LogP contribution in [-0.2, 0) is 5.88 Å². The van der Waals surface area contributed by atoms with Crippen molar-refractivity contribution in [2.45, 2.75) is 12.2 Å². The molecule has 0 bridgehead atoms. The molecule has 0 saturated carbocycles. The van der Waals surface area contributed by atoms with Crippen molar-refractivity contribution in [2.24, 2.45) is 0 Å². The van der Waals surface area contributed by atoms with Crippen molar-refractivity contribution in [1.82, 2.24) is 4.98 Å². The Morgan fingerprint density at radius 2 is 2.17 bits per heavy atom. The number of ether oxygens (including phenoxy) is 2. The average Bonchev–Trinajstić information content (AvgIpc) is 2.25. The molecule has 1 N–H and O–H groups in total. The Morgan fingerprint density at radius 1 is 1.56 bits per heavy atom. The van der Waals surface area contributed by atoms with E-state index in [1.165, 1.54) is 0 Å². The lowest BCUT2D eigenvalue weighted by Gasteiger charge is -2.13. The topological polar surface area (TPSA) is 68.7 Å². The quantitative estimate of drug-likeness (QED) is 0.861. The van der Waals surface area contributed by atoms with Gasteiger partial charge in [-0.05, 0) is 0 Å². The molecule has 0 aliphatic carbocycles. The second-order valence-electron chi connectivity index (χ2n) is 2.98. The standard InChI is InChI=1S/C9H7ClF3NO4/c1-17-5-2-6(18-9(11,12)13)14-7(8(15)16)4(5)3-10/h2H,3H2,1H3,(H,15,16). The third-order valence-corrected chi connectivity index (χ3v) is 2.10. The van der Waals surface area contributed by atoms with Crippen LogP contribution in [0.1, 0.15) is 16.1 Å². The first-order valence-corrected chi connectivity index (χ1v) is 4.95. The zero-order chi connectivity index (χ0) is 13.9. The molecule has 0 aliphatic rings. The van der Waals surface area contributed by atoms with E-state index in [1.807, 2.05) is 0 Å². The Labute approximate surface area is 104 Å². The van der Waals surface area contributed by atoms with Crippen molar-refractivity contribution >= 4 is 17.6 Å². The number of alkyl halides is 4. The van der Waals surface area contributed by atoms with E-state index in [9.17, 15) is 18.0 Å².